The molecule has 1 unspecified atom stereocenters. The maximum atomic E-state index is 14.2. The highest BCUT2D eigenvalue weighted by molar-refractivity contribution is 7.92. The van der Waals surface area contributed by atoms with Gasteiger partial charge in [0.2, 0.25) is 11.8 Å². The highest BCUT2D eigenvalue weighted by Crippen LogP contribution is 2.33. The normalized spacial score (nSPS) is 12.5. The Kier molecular flexibility index (Phi) is 10.5. The lowest BCUT2D eigenvalue weighted by Crippen LogP contribution is -2.55. The van der Waals surface area contributed by atoms with E-state index in [1.54, 1.807) is 18.2 Å². The van der Waals surface area contributed by atoms with E-state index < -0.39 is 34.1 Å². The van der Waals surface area contributed by atoms with Crippen LogP contribution in [0.15, 0.2) is 71.6 Å². The van der Waals surface area contributed by atoms with Gasteiger partial charge in [0, 0.05) is 17.1 Å². The van der Waals surface area contributed by atoms with Crippen molar-refractivity contribution in [1.29, 1.82) is 0 Å². The number of anilines is 1. The molecule has 1 atom stereocenters. The Bertz CT molecular complexity index is 1490. The molecular weight excluding hydrogens is 581 g/mol. The molecule has 0 radical (unpaired) electrons. The van der Waals surface area contributed by atoms with Crippen molar-refractivity contribution in [1.82, 2.24) is 10.2 Å². The van der Waals surface area contributed by atoms with Crippen LogP contribution in [0.3, 0.4) is 0 Å². The number of carbonyl (C=O) groups excluding carboxylic acids is 2. The molecule has 41 heavy (non-hydrogen) atoms. The van der Waals surface area contributed by atoms with Crippen LogP contribution in [0.1, 0.15) is 50.8 Å². The quantitative estimate of drug-likeness (QED) is 0.280. The molecule has 0 fully saturated rings. The van der Waals surface area contributed by atoms with Gasteiger partial charge in [-0.2, -0.15) is 0 Å². The van der Waals surface area contributed by atoms with E-state index in [0.717, 1.165) is 21.0 Å². The Hall–Kier alpha value is -3.07. The minimum atomic E-state index is -4.26. The van der Waals surface area contributed by atoms with Crippen LogP contribution in [0.4, 0.5) is 5.69 Å². The number of rotatable bonds is 10. The first-order chi connectivity index (χ1) is 19.1. The van der Waals surface area contributed by atoms with Crippen molar-refractivity contribution in [2.24, 2.45) is 0 Å². The van der Waals surface area contributed by atoms with Gasteiger partial charge in [0.1, 0.15) is 12.6 Å². The van der Waals surface area contributed by atoms with Crippen LogP contribution >= 0.6 is 23.2 Å². The maximum Gasteiger partial charge on any atom is 0.264 e. The molecule has 3 rings (SSSR count). The van der Waals surface area contributed by atoms with Crippen molar-refractivity contribution in [3.8, 4) is 0 Å². The van der Waals surface area contributed by atoms with E-state index in [1.807, 2.05) is 65.8 Å². The number of nitrogens with zero attached hydrogens (tertiary/aromatic N) is 2. The Morgan fingerprint density at radius 2 is 1.46 bits per heavy atom. The molecule has 0 bridgehead atoms. The Balaban J connectivity index is 2.11. The zero-order valence-corrected chi connectivity index (χ0v) is 26.6. The summed E-state index contributed by atoms with van der Waals surface area (Å²) in [7, 11) is -4.26. The summed E-state index contributed by atoms with van der Waals surface area (Å²) in [4.78, 5) is 29.0. The lowest BCUT2D eigenvalue weighted by molar-refractivity contribution is -0.141. The first-order valence-electron chi connectivity index (χ1n) is 13.3. The first kappa shape index (κ1) is 32.4. The van der Waals surface area contributed by atoms with Crippen molar-refractivity contribution < 1.29 is 18.0 Å². The van der Waals surface area contributed by atoms with Crippen molar-refractivity contribution >= 4 is 50.7 Å². The van der Waals surface area contributed by atoms with Crippen molar-refractivity contribution in [3.63, 3.8) is 0 Å². The maximum absolute atomic E-state index is 14.2. The third-order valence-corrected chi connectivity index (χ3v) is 8.75. The van der Waals surface area contributed by atoms with Crippen LogP contribution in [0.25, 0.3) is 0 Å². The lowest BCUT2D eigenvalue weighted by atomic mass is 10.1. The number of hydrogen-bond acceptors (Lipinski definition) is 4. The molecule has 0 aliphatic heterocycles. The van der Waals surface area contributed by atoms with Crippen molar-refractivity contribution in [3.05, 3.63) is 93.5 Å². The molecule has 0 aromatic heterocycles. The van der Waals surface area contributed by atoms with Gasteiger partial charge >= 0.3 is 0 Å². The first-order valence-corrected chi connectivity index (χ1v) is 15.5. The second-order valence-electron chi connectivity index (χ2n) is 11.1. The average Bonchev–Trinajstić information content (AvgIpc) is 2.89. The van der Waals surface area contributed by atoms with Gasteiger partial charge in [0.15, 0.2) is 0 Å². The van der Waals surface area contributed by atoms with Gasteiger partial charge < -0.3 is 10.2 Å². The van der Waals surface area contributed by atoms with E-state index in [2.05, 4.69) is 5.32 Å². The molecule has 0 aliphatic rings. The van der Waals surface area contributed by atoms with Crippen LogP contribution in [0.5, 0.6) is 0 Å². The van der Waals surface area contributed by atoms with Crippen molar-refractivity contribution in [2.45, 2.75) is 71.0 Å². The smallest absolute Gasteiger partial charge is 0.264 e. The number of nitrogens with one attached hydrogen (secondary N) is 1. The third kappa shape index (κ3) is 8.47. The summed E-state index contributed by atoms with van der Waals surface area (Å²) >= 11 is 12.7. The molecule has 0 spiro atoms. The van der Waals surface area contributed by atoms with E-state index in [4.69, 9.17) is 23.2 Å². The number of benzene rings is 3. The molecule has 0 saturated carbocycles. The second-order valence-corrected chi connectivity index (χ2v) is 13.8. The zero-order valence-electron chi connectivity index (χ0n) is 24.2. The van der Waals surface area contributed by atoms with Gasteiger partial charge in [-0.1, -0.05) is 77.7 Å². The number of carbonyl (C=O) groups is 2. The summed E-state index contributed by atoms with van der Waals surface area (Å²) in [6.07, 6.45) is 0.322. The number of amides is 2. The summed E-state index contributed by atoms with van der Waals surface area (Å²) in [5, 5.41) is 3.33. The summed E-state index contributed by atoms with van der Waals surface area (Å²) in [6.45, 7) is 10.7. The average molecular weight is 619 g/mol. The van der Waals surface area contributed by atoms with Gasteiger partial charge in [-0.05, 0) is 76.9 Å². The molecule has 10 heteroatoms. The summed E-state index contributed by atoms with van der Waals surface area (Å²) in [5.74, 6) is -0.887. The van der Waals surface area contributed by atoms with Crippen LogP contribution < -0.4 is 9.62 Å². The van der Waals surface area contributed by atoms with Crippen LogP contribution in [-0.4, -0.2) is 43.3 Å². The molecule has 3 aromatic carbocycles. The van der Waals surface area contributed by atoms with Gasteiger partial charge in [-0.3, -0.25) is 13.9 Å². The highest BCUT2D eigenvalue weighted by atomic mass is 35.5. The highest BCUT2D eigenvalue weighted by Gasteiger charge is 2.35. The minimum absolute atomic E-state index is 0.00505. The van der Waals surface area contributed by atoms with Gasteiger partial charge in [-0.25, -0.2) is 8.42 Å². The number of halogens is 2. The van der Waals surface area contributed by atoms with E-state index in [0.29, 0.717) is 6.42 Å². The van der Waals surface area contributed by atoms with E-state index >= 15 is 0 Å². The number of aryl methyl sites for hydroxylation is 2. The Morgan fingerprint density at radius 1 is 0.902 bits per heavy atom. The number of hydrogen-bond donors (Lipinski definition) is 1. The molecule has 0 heterocycles. The fourth-order valence-corrected chi connectivity index (χ4v) is 6.15. The second kappa shape index (κ2) is 13.3. The monoisotopic (exact) mass is 617 g/mol. The van der Waals surface area contributed by atoms with Crippen molar-refractivity contribution in [2.75, 3.05) is 10.8 Å². The number of sulfonamides is 1. The molecule has 3 aromatic rings. The zero-order chi connectivity index (χ0) is 30.5. The molecule has 0 saturated heterocycles. The summed E-state index contributed by atoms with van der Waals surface area (Å²) in [6, 6.07) is 17.5. The van der Waals surface area contributed by atoms with Crippen LogP contribution in [0.2, 0.25) is 10.0 Å². The lowest BCUT2D eigenvalue weighted by Gasteiger charge is -2.35. The minimum Gasteiger partial charge on any atom is -0.350 e. The predicted octanol–water partition coefficient (Wildman–Crippen LogP) is 6.53. The molecule has 7 nitrogen and oxygen atoms in total. The summed E-state index contributed by atoms with van der Waals surface area (Å²) in [5.41, 5.74) is 2.27. The van der Waals surface area contributed by atoms with E-state index in [-0.39, 0.29) is 33.1 Å². The molecule has 2 amide bonds. The molecule has 220 valence electrons. The van der Waals surface area contributed by atoms with Gasteiger partial charge in [-0.15, -0.1) is 0 Å². The molecular formula is C31H37Cl2N3O4S. The fraction of sp³-hybridized carbons (Fsp3) is 0.355. The van der Waals surface area contributed by atoms with E-state index in [1.165, 1.54) is 29.2 Å². The van der Waals surface area contributed by atoms with Gasteiger partial charge in [0.05, 0.1) is 15.6 Å². The summed E-state index contributed by atoms with van der Waals surface area (Å²) < 4.78 is 29.0. The Morgan fingerprint density at radius 3 is 2.00 bits per heavy atom. The van der Waals surface area contributed by atoms with Crippen LogP contribution in [-0.2, 0) is 26.2 Å². The van der Waals surface area contributed by atoms with E-state index in [9.17, 15) is 18.0 Å². The molecule has 1 N–H and O–H groups in total. The fourth-order valence-electron chi connectivity index (χ4n) is 4.29. The molecule has 0 aliphatic carbocycles. The largest absolute Gasteiger partial charge is 0.350 e. The standard InChI is InChI=1S/C31H37Cl2N3O4S/c1-7-27(30(38)34-31(4,5)6)35(19-23-12-8-21(2)9-13-23)29(37)20-36(28-18-24(32)14-17-26(28)33)41(39,40)25-15-10-22(3)11-16-25/h8-18,27H,7,19-20H2,1-6H3,(H,34,38). The Labute approximate surface area is 253 Å². The topological polar surface area (TPSA) is 86.8 Å². The SMILES string of the molecule is CCC(C(=O)NC(C)(C)C)N(Cc1ccc(C)cc1)C(=O)CN(c1cc(Cl)ccc1Cl)S(=O)(=O)c1ccc(C)cc1. The van der Waals surface area contributed by atoms with Gasteiger partial charge in [0.25, 0.3) is 10.0 Å². The predicted molar refractivity (Wildman–Crippen MR) is 166 cm³/mol. The van der Waals surface area contributed by atoms with Crippen LogP contribution in [0, 0.1) is 13.8 Å². The third-order valence-electron chi connectivity index (χ3n) is 6.42.